The summed E-state index contributed by atoms with van der Waals surface area (Å²) in [6, 6.07) is 14.4. The fourth-order valence-corrected chi connectivity index (χ4v) is 4.91. The van der Waals surface area contributed by atoms with Crippen molar-refractivity contribution in [3.05, 3.63) is 98.5 Å². The van der Waals surface area contributed by atoms with Crippen molar-refractivity contribution >= 4 is 28.0 Å². The summed E-state index contributed by atoms with van der Waals surface area (Å²) in [5, 5.41) is 0.335. The average Bonchev–Trinajstić information content (AvgIpc) is 3.07. The molecule has 0 N–H and O–H groups in total. The summed E-state index contributed by atoms with van der Waals surface area (Å²) in [7, 11) is 3.40. The maximum Gasteiger partial charge on any atom is 0.328 e. The molecule has 7 nitrogen and oxygen atoms in total. The van der Waals surface area contributed by atoms with E-state index < -0.39 is 17.7 Å². The molecule has 1 aliphatic rings. The van der Waals surface area contributed by atoms with Gasteiger partial charge in [0.1, 0.15) is 23.4 Å². The number of imidazole rings is 1. The van der Waals surface area contributed by atoms with Crippen LogP contribution < -0.4 is 15.9 Å². The molecule has 0 spiro atoms. The number of halogens is 1. The third-order valence-electron chi connectivity index (χ3n) is 6.74. The fourth-order valence-electron chi connectivity index (χ4n) is 4.91. The molecule has 174 valence electrons. The molecule has 3 aromatic carbocycles. The summed E-state index contributed by atoms with van der Waals surface area (Å²) in [6.07, 6.45) is 1.41. The van der Waals surface area contributed by atoms with Gasteiger partial charge in [-0.1, -0.05) is 18.2 Å². The first-order valence-corrected chi connectivity index (χ1v) is 11.0. The van der Waals surface area contributed by atoms with E-state index in [9.17, 15) is 18.8 Å². The molecule has 3 heterocycles. The molecular weight excluding hydrogens is 451 g/mol. The number of carbonyl (C=O) groups is 1. The van der Waals surface area contributed by atoms with E-state index >= 15 is 0 Å². The fraction of sp³-hybridized carbons (Fsp3) is 0.148. The number of benzene rings is 3. The Bertz CT molecular complexity index is 1790. The van der Waals surface area contributed by atoms with E-state index in [1.165, 1.54) is 30.5 Å². The van der Waals surface area contributed by atoms with E-state index in [-0.39, 0.29) is 17.5 Å². The Balaban J connectivity index is 1.57. The molecule has 0 amide bonds. The molecule has 8 heteroatoms. The smallest absolute Gasteiger partial charge is 0.328 e. The van der Waals surface area contributed by atoms with Crippen molar-refractivity contribution in [3.63, 3.8) is 0 Å². The van der Waals surface area contributed by atoms with Crippen LogP contribution in [0.4, 0.5) is 4.39 Å². The van der Waals surface area contributed by atoms with Gasteiger partial charge < -0.3 is 9.15 Å². The SMILES string of the molecule is Cn1c(=O)n(C)c2cc([C@H]3CC(=O)Oc4ccc5c(=O)c(-c6ccc(F)cc6)coc5c43)ccc21. The predicted octanol–water partition coefficient (Wildman–Crippen LogP) is 4.23. The van der Waals surface area contributed by atoms with Crippen LogP contribution in [0.5, 0.6) is 5.75 Å². The van der Waals surface area contributed by atoms with Gasteiger partial charge in [-0.25, -0.2) is 9.18 Å². The average molecular weight is 470 g/mol. The van der Waals surface area contributed by atoms with E-state index in [0.29, 0.717) is 33.4 Å². The first kappa shape index (κ1) is 21.1. The molecule has 0 saturated heterocycles. The van der Waals surface area contributed by atoms with E-state index in [1.54, 1.807) is 35.4 Å². The van der Waals surface area contributed by atoms with E-state index in [1.807, 2.05) is 18.2 Å². The van der Waals surface area contributed by atoms with Crippen LogP contribution in [0.15, 0.2) is 74.9 Å². The van der Waals surface area contributed by atoms with Crippen molar-refractivity contribution in [1.29, 1.82) is 0 Å². The van der Waals surface area contributed by atoms with Crippen LogP contribution in [0.2, 0.25) is 0 Å². The van der Waals surface area contributed by atoms with Gasteiger partial charge >= 0.3 is 11.7 Å². The quantitative estimate of drug-likeness (QED) is 0.285. The first-order chi connectivity index (χ1) is 16.8. The number of esters is 1. The van der Waals surface area contributed by atoms with Gasteiger partial charge in [0, 0.05) is 25.6 Å². The van der Waals surface area contributed by atoms with Crippen molar-refractivity contribution < 1.29 is 18.3 Å². The number of nitrogens with zero attached hydrogens (tertiary/aromatic N) is 2. The van der Waals surface area contributed by atoms with Gasteiger partial charge in [0.05, 0.1) is 28.4 Å². The van der Waals surface area contributed by atoms with E-state index in [0.717, 1.165) is 16.6 Å². The Kier molecular flexibility index (Phi) is 4.54. The lowest BCUT2D eigenvalue weighted by Crippen LogP contribution is -2.22. The minimum atomic E-state index is -0.436. The van der Waals surface area contributed by atoms with Gasteiger partial charge in [-0.3, -0.25) is 18.7 Å². The second kappa shape index (κ2) is 7.53. The second-order valence-corrected chi connectivity index (χ2v) is 8.72. The standard InChI is InChI=1S/C27H19FN2O5/c1-29-20-9-5-15(11-21(20)30(2)27(29)33)18-12-23(31)35-22-10-8-17-25(32)19(13-34-26(17)24(18)22)14-3-6-16(28)7-4-14/h3-11,13,18H,12H2,1-2H3/t18-/m1/s1. The Morgan fingerprint density at radius 3 is 2.43 bits per heavy atom. The highest BCUT2D eigenvalue weighted by Gasteiger charge is 2.32. The van der Waals surface area contributed by atoms with Crippen LogP contribution in [0.25, 0.3) is 33.1 Å². The van der Waals surface area contributed by atoms with Gasteiger partial charge in [0.15, 0.2) is 0 Å². The molecule has 0 bridgehead atoms. The van der Waals surface area contributed by atoms with E-state index in [2.05, 4.69) is 0 Å². The van der Waals surface area contributed by atoms with Crippen LogP contribution in [-0.4, -0.2) is 15.1 Å². The zero-order chi connectivity index (χ0) is 24.4. The molecule has 0 unspecified atom stereocenters. The van der Waals surface area contributed by atoms with Crippen molar-refractivity contribution in [1.82, 2.24) is 9.13 Å². The number of ether oxygens (including phenoxy) is 1. The van der Waals surface area contributed by atoms with Crippen LogP contribution in [-0.2, 0) is 18.9 Å². The van der Waals surface area contributed by atoms with Crippen molar-refractivity contribution in [3.8, 4) is 16.9 Å². The zero-order valence-electron chi connectivity index (χ0n) is 18.9. The Hall–Kier alpha value is -4.46. The van der Waals surface area contributed by atoms with Crippen LogP contribution >= 0.6 is 0 Å². The first-order valence-electron chi connectivity index (χ1n) is 11.0. The lowest BCUT2D eigenvalue weighted by Gasteiger charge is -2.25. The molecule has 1 aliphatic heterocycles. The highest BCUT2D eigenvalue weighted by atomic mass is 19.1. The molecule has 0 radical (unpaired) electrons. The summed E-state index contributed by atoms with van der Waals surface area (Å²) in [4.78, 5) is 38.2. The maximum absolute atomic E-state index is 13.4. The van der Waals surface area contributed by atoms with Crippen molar-refractivity contribution in [2.75, 3.05) is 0 Å². The number of aryl methyl sites for hydroxylation is 2. The van der Waals surface area contributed by atoms with Crippen molar-refractivity contribution in [2.45, 2.75) is 12.3 Å². The summed E-state index contributed by atoms with van der Waals surface area (Å²) in [5.41, 5.74) is 3.67. The Morgan fingerprint density at radius 1 is 0.914 bits per heavy atom. The van der Waals surface area contributed by atoms with Gasteiger partial charge in [-0.15, -0.1) is 0 Å². The summed E-state index contributed by atoms with van der Waals surface area (Å²) < 4.78 is 28.0. The number of hydrogen-bond donors (Lipinski definition) is 0. The van der Waals surface area contributed by atoms with Crippen molar-refractivity contribution in [2.24, 2.45) is 14.1 Å². The molecule has 2 aromatic heterocycles. The summed E-state index contributed by atoms with van der Waals surface area (Å²) in [5.74, 6) is -0.896. The number of fused-ring (bicyclic) bond motifs is 4. The maximum atomic E-state index is 13.4. The van der Waals surface area contributed by atoms with Crippen LogP contribution in [0, 0.1) is 5.82 Å². The van der Waals surface area contributed by atoms with Gasteiger partial charge in [-0.2, -0.15) is 0 Å². The predicted molar refractivity (Wildman–Crippen MR) is 128 cm³/mol. The molecule has 0 aliphatic carbocycles. The molecular formula is C27H19FN2O5. The largest absolute Gasteiger partial charge is 0.463 e. The van der Waals surface area contributed by atoms with Crippen LogP contribution in [0.3, 0.4) is 0 Å². The van der Waals surface area contributed by atoms with Crippen LogP contribution in [0.1, 0.15) is 23.5 Å². The summed E-state index contributed by atoms with van der Waals surface area (Å²) in [6.45, 7) is 0. The second-order valence-electron chi connectivity index (χ2n) is 8.72. The lowest BCUT2D eigenvalue weighted by molar-refractivity contribution is -0.135. The molecule has 0 fully saturated rings. The number of rotatable bonds is 2. The lowest BCUT2D eigenvalue weighted by atomic mass is 9.85. The zero-order valence-corrected chi connectivity index (χ0v) is 18.9. The topological polar surface area (TPSA) is 83.4 Å². The monoisotopic (exact) mass is 470 g/mol. The minimum absolute atomic E-state index is 0.0574. The highest BCUT2D eigenvalue weighted by Crippen LogP contribution is 2.43. The normalized spacial score (nSPS) is 15.4. The number of hydrogen-bond acceptors (Lipinski definition) is 5. The molecule has 35 heavy (non-hydrogen) atoms. The highest BCUT2D eigenvalue weighted by molar-refractivity contribution is 5.90. The van der Waals surface area contributed by atoms with Gasteiger partial charge in [-0.05, 0) is 47.5 Å². The number of carbonyl (C=O) groups excluding carboxylic acids is 1. The molecule has 5 aromatic rings. The van der Waals surface area contributed by atoms with Gasteiger partial charge in [0.25, 0.3) is 0 Å². The minimum Gasteiger partial charge on any atom is -0.463 e. The molecule has 1 atom stereocenters. The molecule has 0 saturated carbocycles. The Labute approximate surface area is 197 Å². The number of aromatic nitrogens is 2. The third kappa shape index (κ3) is 3.13. The van der Waals surface area contributed by atoms with Gasteiger partial charge in [0.2, 0.25) is 5.43 Å². The van der Waals surface area contributed by atoms with E-state index in [4.69, 9.17) is 9.15 Å². The third-order valence-corrected chi connectivity index (χ3v) is 6.74. The Morgan fingerprint density at radius 2 is 1.66 bits per heavy atom. The summed E-state index contributed by atoms with van der Waals surface area (Å²) >= 11 is 0. The molecule has 6 rings (SSSR count).